The van der Waals surface area contributed by atoms with Crippen LogP contribution in [0.5, 0.6) is 0 Å². The molecule has 0 fully saturated rings. The molecule has 0 unspecified atom stereocenters. The number of nitriles is 1. The molecule has 15 heavy (non-hydrogen) atoms. The summed E-state index contributed by atoms with van der Waals surface area (Å²) in [7, 11) is 0. The van der Waals surface area contributed by atoms with Crippen molar-refractivity contribution in [3.8, 4) is 6.07 Å². The molecule has 3 nitrogen and oxygen atoms in total. The number of nitrogens with zero attached hydrogens (tertiary/aromatic N) is 1. The topological polar surface area (TPSA) is 45.0 Å². The predicted molar refractivity (Wildman–Crippen MR) is 59.4 cm³/mol. The molecule has 0 bridgehead atoms. The highest BCUT2D eigenvalue weighted by molar-refractivity contribution is 5.32. The Bertz CT molecular complexity index is 331. The first-order valence-electron chi connectivity index (χ1n) is 5.14. The lowest BCUT2D eigenvalue weighted by molar-refractivity contribution is 0.149. The predicted octanol–water partition coefficient (Wildman–Crippen LogP) is 1.68. The van der Waals surface area contributed by atoms with Gasteiger partial charge in [-0.05, 0) is 24.6 Å². The van der Waals surface area contributed by atoms with Crippen LogP contribution in [0.4, 0.5) is 0 Å². The Morgan fingerprint density at radius 2 is 2.33 bits per heavy atom. The third kappa shape index (κ3) is 4.59. The molecule has 3 heteroatoms. The normalized spacial score (nSPS) is 9.87. The van der Waals surface area contributed by atoms with E-state index in [0.29, 0.717) is 5.56 Å². The maximum absolute atomic E-state index is 8.71. The summed E-state index contributed by atoms with van der Waals surface area (Å²) in [5, 5.41) is 12.0. The third-order valence-electron chi connectivity index (χ3n) is 2.01. The third-order valence-corrected chi connectivity index (χ3v) is 2.01. The van der Waals surface area contributed by atoms with Crippen molar-refractivity contribution in [3.05, 3.63) is 35.4 Å². The fraction of sp³-hybridized carbons (Fsp3) is 0.417. The lowest BCUT2D eigenvalue weighted by atomic mass is 10.1. The zero-order chi connectivity index (χ0) is 10.9. The van der Waals surface area contributed by atoms with Gasteiger partial charge in [-0.15, -0.1) is 0 Å². The van der Waals surface area contributed by atoms with Crippen LogP contribution in [0, 0.1) is 11.3 Å². The van der Waals surface area contributed by atoms with E-state index in [0.717, 1.165) is 31.9 Å². The zero-order valence-electron chi connectivity index (χ0n) is 8.99. The van der Waals surface area contributed by atoms with E-state index in [2.05, 4.69) is 11.4 Å². The maximum atomic E-state index is 8.71. The molecule has 0 aliphatic carbocycles. The van der Waals surface area contributed by atoms with Crippen molar-refractivity contribution in [2.75, 3.05) is 19.8 Å². The molecule has 1 rings (SSSR count). The van der Waals surface area contributed by atoms with Crippen molar-refractivity contribution in [2.24, 2.45) is 0 Å². The van der Waals surface area contributed by atoms with Crippen molar-refractivity contribution in [1.82, 2.24) is 5.32 Å². The zero-order valence-corrected chi connectivity index (χ0v) is 8.99. The van der Waals surface area contributed by atoms with Gasteiger partial charge >= 0.3 is 0 Å². The molecule has 0 radical (unpaired) electrons. The Morgan fingerprint density at radius 3 is 3.07 bits per heavy atom. The van der Waals surface area contributed by atoms with E-state index in [9.17, 15) is 0 Å². The second kappa shape index (κ2) is 6.99. The van der Waals surface area contributed by atoms with Gasteiger partial charge in [0.15, 0.2) is 0 Å². The van der Waals surface area contributed by atoms with Crippen LogP contribution >= 0.6 is 0 Å². The SMILES string of the molecule is CCOCCNCc1cccc(C#N)c1. The molecule has 0 aliphatic rings. The van der Waals surface area contributed by atoms with E-state index >= 15 is 0 Å². The molecular formula is C12H16N2O. The van der Waals surface area contributed by atoms with Gasteiger partial charge in [0.25, 0.3) is 0 Å². The van der Waals surface area contributed by atoms with Crippen molar-refractivity contribution in [2.45, 2.75) is 13.5 Å². The number of benzene rings is 1. The summed E-state index contributed by atoms with van der Waals surface area (Å²) in [6.07, 6.45) is 0. The van der Waals surface area contributed by atoms with Crippen LogP contribution in [0.2, 0.25) is 0 Å². The van der Waals surface area contributed by atoms with Crippen LogP contribution in [0.1, 0.15) is 18.1 Å². The van der Waals surface area contributed by atoms with Crippen molar-refractivity contribution in [1.29, 1.82) is 5.26 Å². The minimum atomic E-state index is 0.708. The molecule has 0 spiro atoms. The first-order valence-corrected chi connectivity index (χ1v) is 5.14. The largest absolute Gasteiger partial charge is 0.380 e. The fourth-order valence-electron chi connectivity index (χ4n) is 1.27. The Balaban J connectivity index is 2.28. The summed E-state index contributed by atoms with van der Waals surface area (Å²) in [5.41, 5.74) is 1.84. The first kappa shape index (κ1) is 11.7. The van der Waals surface area contributed by atoms with Gasteiger partial charge in [0.1, 0.15) is 0 Å². The van der Waals surface area contributed by atoms with Crippen LogP contribution in [0.15, 0.2) is 24.3 Å². The molecule has 0 heterocycles. The van der Waals surface area contributed by atoms with Crippen LogP contribution < -0.4 is 5.32 Å². The molecule has 1 N–H and O–H groups in total. The van der Waals surface area contributed by atoms with E-state index in [4.69, 9.17) is 10.00 Å². The maximum Gasteiger partial charge on any atom is 0.0991 e. The highest BCUT2D eigenvalue weighted by atomic mass is 16.5. The minimum absolute atomic E-state index is 0.708. The number of ether oxygens (including phenoxy) is 1. The highest BCUT2D eigenvalue weighted by Crippen LogP contribution is 2.03. The van der Waals surface area contributed by atoms with Gasteiger partial charge in [0.05, 0.1) is 18.2 Å². The minimum Gasteiger partial charge on any atom is -0.380 e. The standard InChI is InChI=1S/C12H16N2O/c1-2-15-7-6-14-10-12-5-3-4-11(8-12)9-13/h3-5,8,14H,2,6-7,10H2,1H3. The Labute approximate surface area is 90.7 Å². The quantitative estimate of drug-likeness (QED) is 0.717. The van der Waals surface area contributed by atoms with Crippen molar-refractivity contribution >= 4 is 0 Å². The van der Waals surface area contributed by atoms with Crippen molar-refractivity contribution < 1.29 is 4.74 Å². The number of rotatable bonds is 6. The van der Waals surface area contributed by atoms with Crippen LogP contribution in [0.3, 0.4) is 0 Å². The van der Waals surface area contributed by atoms with Gasteiger partial charge in [0.2, 0.25) is 0 Å². The second-order valence-corrected chi connectivity index (χ2v) is 3.19. The van der Waals surface area contributed by atoms with E-state index in [-0.39, 0.29) is 0 Å². The Kier molecular flexibility index (Phi) is 5.46. The lowest BCUT2D eigenvalue weighted by Crippen LogP contribution is -2.19. The van der Waals surface area contributed by atoms with Crippen molar-refractivity contribution in [3.63, 3.8) is 0 Å². The molecule has 0 aromatic heterocycles. The second-order valence-electron chi connectivity index (χ2n) is 3.19. The van der Waals surface area contributed by atoms with E-state index in [1.54, 1.807) is 0 Å². The summed E-state index contributed by atoms with van der Waals surface area (Å²) in [6.45, 7) is 5.09. The van der Waals surface area contributed by atoms with Gasteiger partial charge in [-0.3, -0.25) is 0 Å². The molecule has 0 saturated carbocycles. The molecule has 0 atom stereocenters. The summed E-state index contributed by atoms with van der Waals surface area (Å²) < 4.78 is 5.20. The highest BCUT2D eigenvalue weighted by Gasteiger charge is 1.94. The summed E-state index contributed by atoms with van der Waals surface area (Å²) >= 11 is 0. The molecule has 0 amide bonds. The number of hydrogen-bond acceptors (Lipinski definition) is 3. The van der Waals surface area contributed by atoms with Gasteiger partial charge in [0, 0.05) is 19.7 Å². The van der Waals surface area contributed by atoms with Crippen LogP contribution in [-0.2, 0) is 11.3 Å². The van der Waals surface area contributed by atoms with Gasteiger partial charge in [-0.25, -0.2) is 0 Å². The summed E-state index contributed by atoms with van der Waals surface area (Å²) in [5.74, 6) is 0. The summed E-state index contributed by atoms with van der Waals surface area (Å²) in [4.78, 5) is 0. The lowest BCUT2D eigenvalue weighted by Gasteiger charge is -2.05. The average molecular weight is 204 g/mol. The molecule has 1 aromatic carbocycles. The molecule has 1 aromatic rings. The van der Waals surface area contributed by atoms with Gasteiger partial charge < -0.3 is 10.1 Å². The molecule has 0 aliphatic heterocycles. The Hall–Kier alpha value is -1.37. The molecule has 0 saturated heterocycles. The number of nitrogens with one attached hydrogen (secondary N) is 1. The van der Waals surface area contributed by atoms with Gasteiger partial charge in [-0.2, -0.15) is 5.26 Å². The van der Waals surface area contributed by atoms with Crippen LogP contribution in [0.25, 0.3) is 0 Å². The first-order chi connectivity index (χ1) is 7.36. The molecular weight excluding hydrogens is 188 g/mol. The van der Waals surface area contributed by atoms with E-state index in [1.165, 1.54) is 0 Å². The van der Waals surface area contributed by atoms with Gasteiger partial charge in [-0.1, -0.05) is 12.1 Å². The summed E-state index contributed by atoms with van der Waals surface area (Å²) in [6, 6.07) is 9.74. The van der Waals surface area contributed by atoms with Crippen LogP contribution in [-0.4, -0.2) is 19.8 Å². The average Bonchev–Trinajstić information content (AvgIpc) is 2.29. The fourth-order valence-corrected chi connectivity index (χ4v) is 1.27. The van der Waals surface area contributed by atoms with E-state index < -0.39 is 0 Å². The smallest absolute Gasteiger partial charge is 0.0991 e. The monoisotopic (exact) mass is 204 g/mol. The number of hydrogen-bond donors (Lipinski definition) is 1. The van der Waals surface area contributed by atoms with E-state index in [1.807, 2.05) is 31.2 Å². The molecule has 80 valence electrons. The Morgan fingerprint density at radius 1 is 1.47 bits per heavy atom.